The molecule has 0 heterocycles. The lowest BCUT2D eigenvalue weighted by Gasteiger charge is -2.25. The van der Waals surface area contributed by atoms with E-state index in [0.29, 0.717) is 13.1 Å². The van der Waals surface area contributed by atoms with E-state index in [1.807, 2.05) is 0 Å². The number of nitrogens with zero attached hydrogens (tertiary/aromatic N) is 1. The third-order valence-corrected chi connectivity index (χ3v) is 6.85. The molecule has 0 bridgehead atoms. The molecule has 4 nitrogen and oxygen atoms in total. The summed E-state index contributed by atoms with van der Waals surface area (Å²) >= 11 is 3.44. The molecule has 0 atom stereocenters. The summed E-state index contributed by atoms with van der Waals surface area (Å²) < 4.78 is 14.0. The molecule has 0 saturated heterocycles. The molecule has 0 spiro atoms. The van der Waals surface area contributed by atoms with E-state index in [2.05, 4.69) is 61.0 Å². The van der Waals surface area contributed by atoms with Crippen LogP contribution in [-0.4, -0.2) is 30.3 Å². The molecule has 7 heteroatoms. The third kappa shape index (κ3) is 6.81. The SMILES string of the molecule is CSc1ccc(CCN(CCc2ccc(SC)cc2)P(N)(N)=O)cc1. The standard InChI is InChI=1S/C18H26N3OPS2/c1-24-17-7-3-15(4-8-17)11-13-21(23(19,20)22)14-12-16-5-9-18(25-2)10-6-16/h3-10H,11-14H2,1-2H3,(H4,19,20,22). The first-order valence-electron chi connectivity index (χ1n) is 8.11. The van der Waals surface area contributed by atoms with Crippen molar-refractivity contribution in [2.24, 2.45) is 11.0 Å². The van der Waals surface area contributed by atoms with Gasteiger partial charge in [0.05, 0.1) is 0 Å². The molecule has 2 aromatic rings. The summed E-state index contributed by atoms with van der Waals surface area (Å²) in [5.41, 5.74) is 13.9. The molecular formula is C18H26N3OPS2. The Morgan fingerprint density at radius 2 is 1.16 bits per heavy atom. The highest BCUT2D eigenvalue weighted by atomic mass is 32.2. The predicted octanol–water partition coefficient (Wildman–Crippen LogP) is 4.24. The number of benzene rings is 2. The van der Waals surface area contributed by atoms with Crippen LogP contribution in [0.1, 0.15) is 11.1 Å². The van der Waals surface area contributed by atoms with E-state index in [9.17, 15) is 4.57 Å². The maximum absolute atomic E-state index is 12.2. The van der Waals surface area contributed by atoms with Crippen LogP contribution < -0.4 is 11.0 Å². The van der Waals surface area contributed by atoms with Crippen molar-refractivity contribution >= 4 is 31.1 Å². The Morgan fingerprint density at radius 3 is 1.44 bits per heavy atom. The fourth-order valence-corrected chi connectivity index (χ4v) is 4.17. The second-order valence-electron chi connectivity index (χ2n) is 5.82. The molecule has 136 valence electrons. The first-order chi connectivity index (χ1) is 11.9. The summed E-state index contributed by atoms with van der Waals surface area (Å²) in [6.07, 6.45) is 5.67. The molecule has 0 unspecified atom stereocenters. The van der Waals surface area contributed by atoms with Crippen LogP contribution >= 0.6 is 31.1 Å². The normalized spacial score (nSPS) is 11.9. The van der Waals surface area contributed by atoms with Crippen molar-refractivity contribution in [1.29, 1.82) is 0 Å². The molecule has 0 radical (unpaired) electrons. The number of hydrogen-bond acceptors (Lipinski definition) is 3. The van der Waals surface area contributed by atoms with Crippen molar-refractivity contribution in [3.05, 3.63) is 59.7 Å². The van der Waals surface area contributed by atoms with Gasteiger partial charge in [0, 0.05) is 22.9 Å². The maximum atomic E-state index is 12.2. The Kier molecular flexibility index (Phi) is 8.07. The molecular weight excluding hydrogens is 369 g/mol. The zero-order chi connectivity index (χ0) is 18.3. The van der Waals surface area contributed by atoms with Gasteiger partial charge >= 0.3 is 0 Å². The van der Waals surface area contributed by atoms with Gasteiger partial charge in [0.2, 0.25) is 0 Å². The van der Waals surface area contributed by atoms with Crippen molar-refractivity contribution in [2.75, 3.05) is 25.6 Å². The summed E-state index contributed by atoms with van der Waals surface area (Å²) in [5, 5.41) is 0. The lowest BCUT2D eigenvalue weighted by molar-refractivity contribution is 0.416. The van der Waals surface area contributed by atoms with Crippen LogP contribution in [0.5, 0.6) is 0 Å². The maximum Gasteiger partial charge on any atom is 0.276 e. The minimum atomic E-state index is -3.26. The minimum absolute atomic E-state index is 0.589. The van der Waals surface area contributed by atoms with Crippen LogP contribution in [0.4, 0.5) is 0 Å². The Labute approximate surface area is 159 Å². The number of hydrogen-bond donors (Lipinski definition) is 2. The number of rotatable bonds is 9. The average Bonchev–Trinajstić information content (AvgIpc) is 2.61. The van der Waals surface area contributed by atoms with E-state index in [1.165, 1.54) is 20.9 Å². The highest BCUT2D eigenvalue weighted by molar-refractivity contribution is 7.98. The number of nitrogens with two attached hydrogens (primary N) is 2. The van der Waals surface area contributed by atoms with Gasteiger partial charge in [-0.25, -0.2) is 4.67 Å². The lowest BCUT2D eigenvalue weighted by Crippen LogP contribution is -2.32. The molecule has 0 saturated carbocycles. The third-order valence-electron chi connectivity index (χ3n) is 4.08. The zero-order valence-corrected chi connectivity index (χ0v) is 17.2. The number of thioether (sulfide) groups is 2. The lowest BCUT2D eigenvalue weighted by atomic mass is 10.1. The van der Waals surface area contributed by atoms with E-state index >= 15 is 0 Å². The van der Waals surface area contributed by atoms with E-state index in [-0.39, 0.29) is 0 Å². The molecule has 0 aliphatic rings. The van der Waals surface area contributed by atoms with Crippen LogP contribution in [0.25, 0.3) is 0 Å². The van der Waals surface area contributed by atoms with Gasteiger partial charge in [0.15, 0.2) is 0 Å². The summed E-state index contributed by atoms with van der Waals surface area (Å²) in [5.74, 6) is 0. The van der Waals surface area contributed by atoms with Gasteiger partial charge in [0.1, 0.15) is 0 Å². The summed E-state index contributed by atoms with van der Waals surface area (Å²) in [7, 11) is -3.26. The van der Waals surface area contributed by atoms with Gasteiger partial charge in [0.25, 0.3) is 7.59 Å². The summed E-state index contributed by atoms with van der Waals surface area (Å²) in [6, 6.07) is 16.8. The Balaban J connectivity index is 1.94. The highest BCUT2D eigenvalue weighted by Crippen LogP contribution is 2.32. The molecule has 0 fully saturated rings. The van der Waals surface area contributed by atoms with Gasteiger partial charge in [-0.05, 0) is 60.7 Å². The van der Waals surface area contributed by atoms with E-state index in [0.717, 1.165) is 12.8 Å². The molecule has 25 heavy (non-hydrogen) atoms. The second-order valence-corrected chi connectivity index (χ2v) is 9.49. The topological polar surface area (TPSA) is 72.3 Å². The van der Waals surface area contributed by atoms with Crippen LogP contribution in [0.3, 0.4) is 0 Å². The minimum Gasteiger partial charge on any atom is -0.271 e. The first-order valence-corrected chi connectivity index (χ1v) is 12.4. The van der Waals surface area contributed by atoms with Gasteiger partial charge in [-0.1, -0.05) is 24.3 Å². The Morgan fingerprint density at radius 1 is 0.800 bits per heavy atom. The molecule has 2 aromatic carbocycles. The fourth-order valence-electron chi connectivity index (χ4n) is 2.53. The molecule has 0 amide bonds. The van der Waals surface area contributed by atoms with Crippen molar-refractivity contribution in [3.8, 4) is 0 Å². The van der Waals surface area contributed by atoms with Gasteiger partial charge in [-0.2, -0.15) is 0 Å². The average molecular weight is 396 g/mol. The first kappa shape index (κ1) is 20.6. The second kappa shape index (κ2) is 9.81. The molecule has 2 rings (SSSR count). The molecule has 0 aliphatic heterocycles. The van der Waals surface area contributed by atoms with Crippen molar-refractivity contribution in [1.82, 2.24) is 4.67 Å². The van der Waals surface area contributed by atoms with Crippen LogP contribution in [0, 0.1) is 0 Å². The van der Waals surface area contributed by atoms with E-state index in [4.69, 9.17) is 11.0 Å². The highest BCUT2D eigenvalue weighted by Gasteiger charge is 2.20. The summed E-state index contributed by atoms with van der Waals surface area (Å²) in [6.45, 7) is 1.18. The van der Waals surface area contributed by atoms with Crippen LogP contribution in [0.15, 0.2) is 58.3 Å². The van der Waals surface area contributed by atoms with E-state index < -0.39 is 7.59 Å². The monoisotopic (exact) mass is 395 g/mol. The largest absolute Gasteiger partial charge is 0.276 e. The van der Waals surface area contributed by atoms with Crippen LogP contribution in [0.2, 0.25) is 0 Å². The van der Waals surface area contributed by atoms with Crippen molar-refractivity contribution < 1.29 is 4.57 Å². The zero-order valence-electron chi connectivity index (χ0n) is 14.7. The molecule has 0 aromatic heterocycles. The van der Waals surface area contributed by atoms with Crippen molar-refractivity contribution in [2.45, 2.75) is 22.6 Å². The quantitative estimate of drug-likeness (QED) is 0.489. The smallest absolute Gasteiger partial charge is 0.271 e. The molecule has 0 aliphatic carbocycles. The van der Waals surface area contributed by atoms with E-state index in [1.54, 1.807) is 28.2 Å². The van der Waals surface area contributed by atoms with Crippen molar-refractivity contribution in [3.63, 3.8) is 0 Å². The van der Waals surface area contributed by atoms with Gasteiger partial charge in [-0.3, -0.25) is 15.6 Å². The van der Waals surface area contributed by atoms with Gasteiger partial charge in [-0.15, -0.1) is 23.5 Å². The summed E-state index contributed by atoms with van der Waals surface area (Å²) in [4.78, 5) is 2.47. The predicted molar refractivity (Wildman–Crippen MR) is 111 cm³/mol. The Bertz CT molecular complexity index is 650. The Hall–Kier alpha value is -0.750. The van der Waals surface area contributed by atoms with Gasteiger partial charge < -0.3 is 0 Å². The fraction of sp³-hybridized carbons (Fsp3) is 0.333. The van der Waals surface area contributed by atoms with Crippen LogP contribution in [-0.2, 0) is 17.4 Å². The molecule has 4 N–H and O–H groups in total.